The molecule has 1 aromatic rings. The van der Waals surface area contributed by atoms with Crippen LogP contribution in [0, 0.1) is 0 Å². The molecule has 0 saturated heterocycles. The molecule has 0 saturated carbocycles. The van der Waals surface area contributed by atoms with E-state index in [2.05, 4.69) is 5.32 Å². The van der Waals surface area contributed by atoms with Gasteiger partial charge in [-0.15, -0.1) is 0 Å². The third-order valence-corrected chi connectivity index (χ3v) is 2.86. The van der Waals surface area contributed by atoms with Crippen molar-refractivity contribution in [2.24, 2.45) is 0 Å². The van der Waals surface area contributed by atoms with Crippen molar-refractivity contribution in [3.63, 3.8) is 0 Å². The van der Waals surface area contributed by atoms with E-state index in [1.165, 1.54) is 19.9 Å². The Hall–Kier alpha value is -1.86. The summed E-state index contributed by atoms with van der Waals surface area (Å²) in [5, 5.41) is 2.35. The third kappa shape index (κ3) is 4.85. The average Bonchev–Trinajstić information content (AvgIpc) is 2.42. The molecule has 1 unspecified atom stereocenters. The zero-order valence-electron chi connectivity index (χ0n) is 12.0. The maximum Gasteiger partial charge on any atom is 0.416 e. The topological polar surface area (TPSA) is 38.3 Å². The van der Waals surface area contributed by atoms with E-state index in [0.717, 1.165) is 6.07 Å². The van der Waals surface area contributed by atoms with Gasteiger partial charge < -0.3 is 10.1 Å². The number of benzene rings is 1. The summed E-state index contributed by atoms with van der Waals surface area (Å²) in [4.78, 5) is 11.0. The number of alkyl halides is 5. The van der Waals surface area contributed by atoms with Gasteiger partial charge in [0.15, 0.2) is 6.10 Å². The maximum absolute atomic E-state index is 13.1. The highest BCUT2D eigenvalue weighted by Crippen LogP contribution is 2.37. The van der Waals surface area contributed by atoms with Gasteiger partial charge in [0.25, 0.3) is 0 Å². The minimum absolute atomic E-state index is 0.160. The largest absolute Gasteiger partial charge is 0.485 e. The number of halogens is 5. The van der Waals surface area contributed by atoms with Crippen molar-refractivity contribution in [1.29, 1.82) is 0 Å². The number of hydrogen-bond acceptors (Lipinski definition) is 2. The molecule has 0 aliphatic carbocycles. The number of hydrogen-bond donors (Lipinski definition) is 1. The molecule has 0 heterocycles. The molecular weight excluding hydrogens is 309 g/mol. The Morgan fingerprint density at radius 1 is 1.27 bits per heavy atom. The Morgan fingerprint density at radius 2 is 1.86 bits per heavy atom. The summed E-state index contributed by atoms with van der Waals surface area (Å²) in [7, 11) is 0. The second-order valence-corrected chi connectivity index (χ2v) is 4.72. The quantitative estimate of drug-likeness (QED) is 0.812. The first-order chi connectivity index (χ1) is 10.2. The van der Waals surface area contributed by atoms with Crippen molar-refractivity contribution < 1.29 is 31.5 Å². The highest BCUT2D eigenvalue weighted by Gasteiger charge is 2.35. The van der Waals surface area contributed by atoms with E-state index in [0.29, 0.717) is 6.07 Å². The molecule has 1 aromatic carbocycles. The molecule has 0 aliphatic rings. The highest BCUT2D eigenvalue weighted by molar-refractivity contribution is 5.73. The fourth-order valence-electron chi connectivity index (χ4n) is 1.91. The lowest BCUT2D eigenvalue weighted by atomic mass is 10.0. The van der Waals surface area contributed by atoms with Gasteiger partial charge in [-0.3, -0.25) is 4.79 Å². The molecule has 0 fully saturated rings. The summed E-state index contributed by atoms with van der Waals surface area (Å²) in [6, 6.07) is 2.10. The Kier molecular flexibility index (Phi) is 6.13. The van der Waals surface area contributed by atoms with E-state index < -0.39 is 43.1 Å². The fraction of sp³-hybridized carbons (Fsp3) is 0.500. The van der Waals surface area contributed by atoms with E-state index in [4.69, 9.17) is 4.74 Å². The van der Waals surface area contributed by atoms with Crippen molar-refractivity contribution in [3.05, 3.63) is 29.3 Å². The van der Waals surface area contributed by atoms with Crippen LogP contribution in [0.2, 0.25) is 0 Å². The number of carbonyl (C=O) groups is 1. The molecule has 1 amide bonds. The first-order valence-electron chi connectivity index (χ1n) is 6.45. The molecule has 1 N–H and O–H groups in total. The SMILES string of the molecule is CC(=O)NC(C)c1ccc(OC(CF)CF)cc1C(F)(F)F. The van der Waals surface area contributed by atoms with Crippen LogP contribution < -0.4 is 10.1 Å². The van der Waals surface area contributed by atoms with Gasteiger partial charge in [-0.25, -0.2) is 8.78 Å². The molecule has 124 valence electrons. The van der Waals surface area contributed by atoms with Crippen LogP contribution in [0.4, 0.5) is 22.0 Å². The number of rotatable bonds is 6. The van der Waals surface area contributed by atoms with Gasteiger partial charge in [-0.05, 0) is 24.6 Å². The number of ether oxygens (including phenoxy) is 1. The van der Waals surface area contributed by atoms with Crippen LogP contribution in [0.25, 0.3) is 0 Å². The van der Waals surface area contributed by atoms with Crippen LogP contribution in [0.15, 0.2) is 18.2 Å². The predicted molar refractivity (Wildman–Crippen MR) is 70.0 cm³/mol. The molecule has 1 rings (SSSR count). The Morgan fingerprint density at radius 3 is 2.32 bits per heavy atom. The summed E-state index contributed by atoms with van der Waals surface area (Å²) >= 11 is 0. The molecule has 0 bridgehead atoms. The normalized spacial score (nSPS) is 13.1. The molecule has 8 heteroatoms. The lowest BCUT2D eigenvalue weighted by molar-refractivity contribution is -0.138. The second kappa shape index (κ2) is 7.42. The number of amides is 1. The first-order valence-corrected chi connectivity index (χ1v) is 6.45. The molecule has 0 aliphatic heterocycles. The molecular formula is C14H16F5NO2. The monoisotopic (exact) mass is 325 g/mol. The minimum Gasteiger partial charge on any atom is -0.485 e. The zero-order valence-corrected chi connectivity index (χ0v) is 12.0. The van der Waals surface area contributed by atoms with Crippen molar-refractivity contribution >= 4 is 5.91 Å². The zero-order chi connectivity index (χ0) is 16.9. The van der Waals surface area contributed by atoms with Gasteiger partial charge in [0.1, 0.15) is 19.1 Å². The van der Waals surface area contributed by atoms with E-state index in [-0.39, 0.29) is 11.3 Å². The second-order valence-electron chi connectivity index (χ2n) is 4.72. The average molecular weight is 325 g/mol. The summed E-state index contributed by atoms with van der Waals surface area (Å²) in [6.45, 7) is 0.288. The van der Waals surface area contributed by atoms with Gasteiger partial charge in [-0.2, -0.15) is 13.2 Å². The van der Waals surface area contributed by atoms with E-state index in [9.17, 15) is 26.7 Å². The lowest BCUT2D eigenvalue weighted by Gasteiger charge is -2.21. The number of carbonyl (C=O) groups excluding carboxylic acids is 1. The van der Waals surface area contributed by atoms with Gasteiger partial charge >= 0.3 is 6.18 Å². The van der Waals surface area contributed by atoms with Gasteiger partial charge in [0.2, 0.25) is 5.91 Å². The summed E-state index contributed by atoms with van der Waals surface area (Å²) < 4.78 is 68.9. The van der Waals surface area contributed by atoms with E-state index >= 15 is 0 Å². The number of nitrogens with one attached hydrogen (secondary N) is 1. The van der Waals surface area contributed by atoms with Crippen LogP contribution in [-0.2, 0) is 11.0 Å². The van der Waals surface area contributed by atoms with Gasteiger partial charge in [0, 0.05) is 6.92 Å². The summed E-state index contributed by atoms with van der Waals surface area (Å²) in [5.41, 5.74) is -1.19. The lowest BCUT2D eigenvalue weighted by Crippen LogP contribution is -2.26. The van der Waals surface area contributed by atoms with Crippen molar-refractivity contribution in [2.75, 3.05) is 13.3 Å². The molecule has 1 atom stereocenters. The van der Waals surface area contributed by atoms with Crippen molar-refractivity contribution in [1.82, 2.24) is 5.32 Å². The Balaban J connectivity index is 3.16. The van der Waals surface area contributed by atoms with Crippen LogP contribution in [0.3, 0.4) is 0 Å². The highest BCUT2D eigenvalue weighted by atomic mass is 19.4. The molecule has 3 nitrogen and oxygen atoms in total. The summed E-state index contributed by atoms with van der Waals surface area (Å²) in [6.07, 6.45) is -6.14. The maximum atomic E-state index is 13.1. The van der Waals surface area contributed by atoms with E-state index in [1.54, 1.807) is 0 Å². The Bertz CT molecular complexity index is 514. The van der Waals surface area contributed by atoms with E-state index in [1.807, 2.05) is 0 Å². The van der Waals surface area contributed by atoms with Crippen LogP contribution in [0.1, 0.15) is 31.0 Å². The molecule has 0 radical (unpaired) electrons. The van der Waals surface area contributed by atoms with Crippen molar-refractivity contribution in [2.45, 2.75) is 32.2 Å². The van der Waals surface area contributed by atoms with Crippen LogP contribution in [0.5, 0.6) is 5.75 Å². The van der Waals surface area contributed by atoms with Gasteiger partial charge in [-0.1, -0.05) is 6.07 Å². The smallest absolute Gasteiger partial charge is 0.416 e. The fourth-order valence-corrected chi connectivity index (χ4v) is 1.91. The standard InChI is InChI=1S/C14H16F5NO2/c1-8(20-9(2)21)12-4-3-10(22-11(6-15)7-16)5-13(12)14(17,18)19/h3-5,8,11H,6-7H2,1-2H3,(H,20,21). The predicted octanol–water partition coefficient (Wildman–Crippen LogP) is 3.59. The van der Waals surface area contributed by atoms with Crippen molar-refractivity contribution in [3.8, 4) is 5.75 Å². The van der Waals surface area contributed by atoms with Crippen LogP contribution >= 0.6 is 0 Å². The minimum atomic E-state index is -4.69. The molecule has 0 spiro atoms. The van der Waals surface area contributed by atoms with Gasteiger partial charge in [0.05, 0.1) is 11.6 Å². The first kappa shape index (κ1) is 18.2. The van der Waals surface area contributed by atoms with Crippen LogP contribution in [-0.4, -0.2) is 25.4 Å². The molecule has 22 heavy (non-hydrogen) atoms. The summed E-state index contributed by atoms with van der Waals surface area (Å²) in [5.74, 6) is -0.762. The Labute approximate surface area is 124 Å². The molecule has 0 aromatic heterocycles. The third-order valence-electron chi connectivity index (χ3n) is 2.86.